The van der Waals surface area contributed by atoms with Gasteiger partial charge < -0.3 is 9.32 Å². The van der Waals surface area contributed by atoms with Crippen LogP contribution in [0.25, 0.3) is 11.3 Å². The average Bonchev–Trinajstić information content (AvgIpc) is 3.31. The maximum atomic E-state index is 13.9. The molecular formula is C23H20F2N4O4S. The minimum Gasteiger partial charge on any atom is -0.441 e. The highest BCUT2D eigenvalue weighted by molar-refractivity contribution is 7.89. The molecule has 0 radical (unpaired) electrons. The highest BCUT2D eigenvalue weighted by Gasteiger charge is 2.30. The maximum absolute atomic E-state index is 13.9. The van der Waals surface area contributed by atoms with Crippen molar-refractivity contribution < 1.29 is 26.4 Å². The Kier molecular flexibility index (Phi) is 6.72. The van der Waals surface area contributed by atoms with Gasteiger partial charge in [-0.3, -0.25) is 4.79 Å². The number of hydrogen-bond donors (Lipinski definition) is 0. The van der Waals surface area contributed by atoms with Crippen molar-refractivity contribution in [3.63, 3.8) is 0 Å². The van der Waals surface area contributed by atoms with E-state index in [0.29, 0.717) is 5.56 Å². The van der Waals surface area contributed by atoms with E-state index in [9.17, 15) is 22.0 Å². The molecule has 1 saturated heterocycles. The summed E-state index contributed by atoms with van der Waals surface area (Å²) in [4.78, 5) is 18.3. The fourth-order valence-corrected chi connectivity index (χ4v) is 5.06. The third-order valence-corrected chi connectivity index (χ3v) is 7.43. The Morgan fingerprint density at radius 2 is 1.79 bits per heavy atom. The molecule has 2 heterocycles. The number of amides is 1. The van der Waals surface area contributed by atoms with Crippen molar-refractivity contribution in [2.75, 3.05) is 26.2 Å². The molecule has 4 rings (SSSR count). The zero-order valence-electron chi connectivity index (χ0n) is 17.9. The second kappa shape index (κ2) is 9.70. The van der Waals surface area contributed by atoms with Crippen LogP contribution in [0.5, 0.6) is 0 Å². The summed E-state index contributed by atoms with van der Waals surface area (Å²) >= 11 is 0. The Balaban J connectivity index is 1.31. The van der Waals surface area contributed by atoms with E-state index in [0.717, 1.165) is 12.1 Å². The minimum atomic E-state index is -3.71. The highest BCUT2D eigenvalue weighted by atomic mass is 32.2. The fourth-order valence-electron chi connectivity index (χ4n) is 3.64. The molecule has 0 atom stereocenters. The summed E-state index contributed by atoms with van der Waals surface area (Å²) in [6, 6.07) is 10.8. The first kappa shape index (κ1) is 23.5. The van der Waals surface area contributed by atoms with Crippen LogP contribution in [-0.2, 0) is 21.2 Å². The monoisotopic (exact) mass is 486 g/mol. The average molecular weight is 487 g/mol. The number of hydrogen-bond acceptors (Lipinski definition) is 6. The standard InChI is InChI=1S/C23H20F2N4O4S/c24-17-3-6-19(20(25)13-17)21-15-27-22(33-21)7-8-23(30)28-9-11-29(12-10-28)34(31,32)18-4-1-16(14-26)2-5-18/h1-6,13,15H,7-12H2. The lowest BCUT2D eigenvalue weighted by molar-refractivity contribution is -0.132. The number of piperazine rings is 1. The predicted octanol–water partition coefficient (Wildman–Crippen LogP) is 2.96. The largest absolute Gasteiger partial charge is 0.441 e. The van der Waals surface area contributed by atoms with E-state index in [1.54, 1.807) is 4.90 Å². The van der Waals surface area contributed by atoms with E-state index in [1.807, 2.05) is 6.07 Å². The zero-order chi connectivity index (χ0) is 24.3. The molecule has 34 heavy (non-hydrogen) atoms. The van der Waals surface area contributed by atoms with Gasteiger partial charge in [-0.1, -0.05) is 0 Å². The maximum Gasteiger partial charge on any atom is 0.243 e. The third kappa shape index (κ3) is 4.98. The van der Waals surface area contributed by atoms with E-state index in [1.165, 1.54) is 40.8 Å². The number of aromatic nitrogens is 1. The van der Waals surface area contributed by atoms with Gasteiger partial charge in [0.2, 0.25) is 15.9 Å². The molecular weight excluding hydrogens is 466 g/mol. The molecule has 2 aromatic carbocycles. The zero-order valence-corrected chi connectivity index (χ0v) is 18.8. The first-order chi connectivity index (χ1) is 16.3. The first-order valence-electron chi connectivity index (χ1n) is 10.5. The summed E-state index contributed by atoms with van der Waals surface area (Å²) in [5, 5.41) is 8.87. The van der Waals surface area contributed by atoms with E-state index >= 15 is 0 Å². The van der Waals surface area contributed by atoms with Crippen molar-refractivity contribution in [1.82, 2.24) is 14.2 Å². The summed E-state index contributed by atoms with van der Waals surface area (Å²) in [7, 11) is -3.71. The number of sulfonamides is 1. The molecule has 0 unspecified atom stereocenters. The van der Waals surface area contributed by atoms with Gasteiger partial charge in [-0.15, -0.1) is 0 Å². The van der Waals surface area contributed by atoms with Crippen molar-refractivity contribution in [2.45, 2.75) is 17.7 Å². The molecule has 1 aliphatic heterocycles. The fraction of sp³-hybridized carbons (Fsp3) is 0.261. The minimum absolute atomic E-state index is 0.0751. The summed E-state index contributed by atoms with van der Waals surface area (Å²) in [6.45, 7) is 0.792. The SMILES string of the molecule is N#Cc1ccc(S(=O)(=O)N2CCN(C(=O)CCc3ncc(-c4ccc(F)cc4F)o3)CC2)cc1. The van der Waals surface area contributed by atoms with E-state index < -0.39 is 21.7 Å². The van der Waals surface area contributed by atoms with Crippen LogP contribution in [-0.4, -0.2) is 54.7 Å². The van der Waals surface area contributed by atoms with Crippen molar-refractivity contribution in [3.8, 4) is 17.4 Å². The predicted molar refractivity (Wildman–Crippen MR) is 117 cm³/mol. The summed E-state index contributed by atoms with van der Waals surface area (Å²) < 4.78 is 59.4. The van der Waals surface area contributed by atoms with Gasteiger partial charge >= 0.3 is 0 Å². The van der Waals surface area contributed by atoms with Gasteiger partial charge in [0.25, 0.3) is 0 Å². The molecule has 1 aromatic heterocycles. The number of carbonyl (C=O) groups excluding carboxylic acids is 1. The van der Waals surface area contributed by atoms with Crippen molar-refractivity contribution >= 4 is 15.9 Å². The lowest BCUT2D eigenvalue weighted by Crippen LogP contribution is -2.50. The first-order valence-corrected chi connectivity index (χ1v) is 11.9. The lowest BCUT2D eigenvalue weighted by atomic mass is 10.2. The second-order valence-electron chi connectivity index (χ2n) is 7.66. The molecule has 3 aromatic rings. The molecule has 11 heteroatoms. The van der Waals surface area contributed by atoms with Gasteiger partial charge in [0.1, 0.15) is 11.6 Å². The number of oxazole rings is 1. The summed E-state index contributed by atoms with van der Waals surface area (Å²) in [5.74, 6) is -1.26. The number of benzene rings is 2. The van der Waals surface area contributed by atoms with Gasteiger partial charge in [-0.05, 0) is 36.4 Å². The van der Waals surface area contributed by atoms with Gasteiger partial charge in [0.05, 0.1) is 28.3 Å². The molecule has 0 bridgehead atoms. The number of nitrogens with zero attached hydrogens (tertiary/aromatic N) is 4. The van der Waals surface area contributed by atoms with Gasteiger partial charge in [-0.2, -0.15) is 9.57 Å². The van der Waals surface area contributed by atoms with Gasteiger partial charge in [0, 0.05) is 45.1 Å². The van der Waals surface area contributed by atoms with Crippen LogP contribution in [0, 0.1) is 23.0 Å². The number of aryl methyl sites for hydroxylation is 1. The van der Waals surface area contributed by atoms with Crippen LogP contribution in [0.1, 0.15) is 17.9 Å². The van der Waals surface area contributed by atoms with E-state index in [4.69, 9.17) is 9.68 Å². The Bertz CT molecular complexity index is 1340. The van der Waals surface area contributed by atoms with Crippen LogP contribution in [0.4, 0.5) is 8.78 Å². The van der Waals surface area contributed by atoms with Crippen LogP contribution >= 0.6 is 0 Å². The second-order valence-corrected chi connectivity index (χ2v) is 9.60. The molecule has 0 saturated carbocycles. The van der Waals surface area contributed by atoms with Gasteiger partial charge in [0.15, 0.2) is 11.7 Å². The quantitative estimate of drug-likeness (QED) is 0.530. The molecule has 8 nitrogen and oxygen atoms in total. The highest BCUT2D eigenvalue weighted by Crippen LogP contribution is 2.25. The molecule has 1 fully saturated rings. The molecule has 0 spiro atoms. The Morgan fingerprint density at radius 3 is 2.44 bits per heavy atom. The molecule has 176 valence electrons. The Morgan fingerprint density at radius 1 is 1.09 bits per heavy atom. The van der Waals surface area contributed by atoms with Crippen LogP contribution in [0.2, 0.25) is 0 Å². The topological polar surface area (TPSA) is 108 Å². The summed E-state index contributed by atoms with van der Waals surface area (Å²) in [5.41, 5.74) is 0.446. The third-order valence-electron chi connectivity index (χ3n) is 5.52. The number of carbonyl (C=O) groups is 1. The normalized spacial score (nSPS) is 14.7. The van der Waals surface area contributed by atoms with Crippen LogP contribution in [0.15, 0.2) is 58.0 Å². The Hall–Kier alpha value is -3.62. The molecule has 1 amide bonds. The molecule has 0 aliphatic carbocycles. The summed E-state index contributed by atoms with van der Waals surface area (Å²) in [6.07, 6.45) is 1.60. The molecule has 0 N–H and O–H groups in total. The lowest BCUT2D eigenvalue weighted by Gasteiger charge is -2.34. The van der Waals surface area contributed by atoms with Crippen LogP contribution < -0.4 is 0 Å². The smallest absolute Gasteiger partial charge is 0.243 e. The number of nitriles is 1. The van der Waals surface area contributed by atoms with E-state index in [-0.39, 0.29) is 67.0 Å². The Labute approximate surface area is 195 Å². The number of rotatable bonds is 6. The number of halogens is 2. The van der Waals surface area contributed by atoms with E-state index in [2.05, 4.69) is 4.98 Å². The van der Waals surface area contributed by atoms with Crippen molar-refractivity contribution in [3.05, 3.63) is 71.8 Å². The van der Waals surface area contributed by atoms with Crippen molar-refractivity contribution in [2.24, 2.45) is 0 Å². The van der Waals surface area contributed by atoms with Gasteiger partial charge in [-0.25, -0.2) is 22.2 Å². The van der Waals surface area contributed by atoms with Crippen LogP contribution in [0.3, 0.4) is 0 Å². The molecule has 1 aliphatic rings. The van der Waals surface area contributed by atoms with Crippen molar-refractivity contribution in [1.29, 1.82) is 5.26 Å².